The van der Waals surface area contributed by atoms with Gasteiger partial charge in [-0.25, -0.2) is 0 Å². The van der Waals surface area contributed by atoms with Crippen LogP contribution in [-0.2, 0) is 4.79 Å². The summed E-state index contributed by atoms with van der Waals surface area (Å²) in [7, 11) is 0. The van der Waals surface area contributed by atoms with Crippen molar-refractivity contribution in [1.82, 2.24) is 0 Å². The molecule has 21 heavy (non-hydrogen) atoms. The molecule has 1 nitrogen and oxygen atoms in total. The predicted octanol–water partition coefficient (Wildman–Crippen LogP) is 6.67. The summed E-state index contributed by atoms with van der Waals surface area (Å²) >= 11 is 1.62. The molecule has 1 saturated carbocycles. The summed E-state index contributed by atoms with van der Waals surface area (Å²) in [6, 6.07) is 0. The molecule has 2 heteroatoms. The topological polar surface area (TPSA) is 17.1 Å². The zero-order valence-corrected chi connectivity index (χ0v) is 15.0. The highest BCUT2D eigenvalue weighted by Crippen LogP contribution is 2.44. The Morgan fingerprint density at radius 2 is 1.57 bits per heavy atom. The van der Waals surface area contributed by atoms with E-state index in [0.717, 1.165) is 0 Å². The van der Waals surface area contributed by atoms with Crippen molar-refractivity contribution in [2.24, 2.45) is 0 Å². The third-order valence-electron chi connectivity index (χ3n) is 4.66. The number of carbonyl (C=O) groups is 1. The molecule has 1 rings (SSSR count). The summed E-state index contributed by atoms with van der Waals surface area (Å²) in [6.07, 6.45) is 17.0. The van der Waals surface area contributed by atoms with Gasteiger partial charge < -0.3 is 0 Å². The highest BCUT2D eigenvalue weighted by Gasteiger charge is 2.33. The Balaban J connectivity index is 2.47. The van der Waals surface area contributed by atoms with Crippen LogP contribution >= 0.6 is 11.8 Å². The van der Waals surface area contributed by atoms with Crippen LogP contribution in [0.4, 0.5) is 0 Å². The minimum Gasteiger partial charge on any atom is -0.282 e. The number of hydrogen-bond donors (Lipinski definition) is 0. The number of hydrogen-bond acceptors (Lipinski definition) is 2. The van der Waals surface area contributed by atoms with E-state index in [4.69, 9.17) is 0 Å². The van der Waals surface area contributed by atoms with Crippen molar-refractivity contribution >= 4 is 16.9 Å². The highest BCUT2D eigenvalue weighted by atomic mass is 32.2. The summed E-state index contributed by atoms with van der Waals surface area (Å²) in [5.74, 6) is 0. The molecule has 0 amide bonds. The van der Waals surface area contributed by atoms with Crippen molar-refractivity contribution < 1.29 is 4.79 Å². The fourth-order valence-corrected chi connectivity index (χ4v) is 4.59. The highest BCUT2D eigenvalue weighted by molar-refractivity contribution is 8.15. The fourth-order valence-electron chi connectivity index (χ4n) is 3.29. The SMILES string of the molecule is C=C(C)C(=O)SC1(CCCCCCCC)CCCCCC1. The van der Waals surface area contributed by atoms with Crippen LogP contribution in [0.15, 0.2) is 12.2 Å². The molecule has 122 valence electrons. The van der Waals surface area contributed by atoms with E-state index in [1.54, 1.807) is 11.8 Å². The lowest BCUT2D eigenvalue weighted by Gasteiger charge is -2.31. The Labute approximate surface area is 136 Å². The van der Waals surface area contributed by atoms with Crippen LogP contribution in [0.1, 0.15) is 97.3 Å². The van der Waals surface area contributed by atoms with Gasteiger partial charge in [-0.05, 0) is 31.8 Å². The van der Waals surface area contributed by atoms with Gasteiger partial charge in [0.2, 0.25) is 5.12 Å². The molecule has 0 spiro atoms. The molecule has 0 radical (unpaired) electrons. The summed E-state index contributed by atoms with van der Waals surface area (Å²) in [5, 5.41) is 0.225. The minimum absolute atomic E-state index is 0.220. The molecule has 0 saturated heterocycles. The third kappa shape index (κ3) is 7.54. The smallest absolute Gasteiger partial charge is 0.214 e. The van der Waals surface area contributed by atoms with Gasteiger partial charge in [-0.1, -0.05) is 89.5 Å². The molecular weight excluding hydrogens is 276 g/mol. The van der Waals surface area contributed by atoms with Crippen LogP contribution < -0.4 is 0 Å². The molecule has 0 bridgehead atoms. The first kappa shape index (κ1) is 18.8. The number of carbonyl (C=O) groups excluding carboxylic acids is 1. The zero-order valence-electron chi connectivity index (χ0n) is 14.2. The van der Waals surface area contributed by atoms with Gasteiger partial charge in [-0.15, -0.1) is 0 Å². The molecule has 0 N–H and O–H groups in total. The van der Waals surface area contributed by atoms with Crippen molar-refractivity contribution in [3.63, 3.8) is 0 Å². The predicted molar refractivity (Wildman–Crippen MR) is 95.8 cm³/mol. The van der Waals surface area contributed by atoms with Crippen LogP contribution in [-0.4, -0.2) is 9.86 Å². The third-order valence-corrected chi connectivity index (χ3v) is 6.24. The maximum atomic E-state index is 12.2. The molecule has 0 atom stereocenters. The van der Waals surface area contributed by atoms with Gasteiger partial charge in [0.15, 0.2) is 0 Å². The number of unbranched alkanes of at least 4 members (excludes halogenated alkanes) is 5. The van der Waals surface area contributed by atoms with Crippen molar-refractivity contribution in [3.05, 3.63) is 12.2 Å². The van der Waals surface area contributed by atoms with E-state index >= 15 is 0 Å². The second-order valence-electron chi connectivity index (χ2n) is 6.78. The first-order valence-corrected chi connectivity index (χ1v) is 9.80. The second-order valence-corrected chi connectivity index (χ2v) is 8.23. The monoisotopic (exact) mass is 310 g/mol. The van der Waals surface area contributed by atoms with E-state index in [1.807, 2.05) is 6.92 Å². The van der Waals surface area contributed by atoms with E-state index in [9.17, 15) is 4.79 Å². The van der Waals surface area contributed by atoms with E-state index in [-0.39, 0.29) is 9.86 Å². The molecule has 0 unspecified atom stereocenters. The Morgan fingerprint density at radius 1 is 1.00 bits per heavy atom. The van der Waals surface area contributed by atoms with Crippen molar-refractivity contribution in [1.29, 1.82) is 0 Å². The molecule has 1 aliphatic rings. The normalized spacial score (nSPS) is 18.2. The van der Waals surface area contributed by atoms with Crippen molar-refractivity contribution in [2.45, 2.75) is 102 Å². The van der Waals surface area contributed by atoms with E-state index in [0.29, 0.717) is 5.57 Å². The average Bonchev–Trinajstić information content (AvgIpc) is 2.68. The molecular formula is C19H34OS. The van der Waals surface area contributed by atoms with Gasteiger partial charge in [0, 0.05) is 4.75 Å². The Morgan fingerprint density at radius 3 is 2.14 bits per heavy atom. The maximum Gasteiger partial charge on any atom is 0.214 e. The van der Waals surface area contributed by atoms with Gasteiger partial charge >= 0.3 is 0 Å². The van der Waals surface area contributed by atoms with E-state index in [1.165, 1.54) is 83.5 Å². The second kappa shape index (κ2) is 10.5. The van der Waals surface area contributed by atoms with Crippen LogP contribution in [0, 0.1) is 0 Å². The van der Waals surface area contributed by atoms with Crippen LogP contribution in [0.5, 0.6) is 0 Å². The molecule has 0 heterocycles. The van der Waals surface area contributed by atoms with Crippen LogP contribution in [0.25, 0.3) is 0 Å². The lowest BCUT2D eigenvalue weighted by Crippen LogP contribution is -2.26. The maximum absolute atomic E-state index is 12.2. The standard InChI is InChI=1S/C19H34OS/c1-4-5-6-7-8-11-14-19(21-18(20)17(2)3)15-12-9-10-13-16-19/h2,4-16H2,1,3H3. The van der Waals surface area contributed by atoms with Crippen LogP contribution in [0.2, 0.25) is 0 Å². The van der Waals surface area contributed by atoms with Crippen molar-refractivity contribution in [2.75, 3.05) is 0 Å². The quantitative estimate of drug-likeness (QED) is 0.269. The summed E-state index contributed by atoms with van der Waals surface area (Å²) in [5.41, 5.74) is 0.714. The molecule has 0 aromatic carbocycles. The van der Waals surface area contributed by atoms with Crippen LogP contribution in [0.3, 0.4) is 0 Å². The summed E-state index contributed by atoms with van der Waals surface area (Å²) in [6.45, 7) is 7.95. The summed E-state index contributed by atoms with van der Waals surface area (Å²) < 4.78 is 0.220. The number of thioether (sulfide) groups is 1. The molecule has 0 aromatic rings. The minimum atomic E-state index is 0.220. The van der Waals surface area contributed by atoms with Gasteiger partial charge in [0.25, 0.3) is 0 Å². The van der Waals surface area contributed by atoms with Gasteiger partial charge in [0.1, 0.15) is 0 Å². The fraction of sp³-hybridized carbons (Fsp3) is 0.842. The lowest BCUT2D eigenvalue weighted by atomic mass is 9.92. The van der Waals surface area contributed by atoms with E-state index < -0.39 is 0 Å². The largest absolute Gasteiger partial charge is 0.282 e. The van der Waals surface area contributed by atoms with E-state index in [2.05, 4.69) is 13.5 Å². The zero-order chi connectivity index (χ0) is 15.6. The molecule has 0 aliphatic heterocycles. The molecule has 1 aliphatic carbocycles. The molecule has 1 fully saturated rings. The van der Waals surface area contributed by atoms with Crippen molar-refractivity contribution in [3.8, 4) is 0 Å². The Hall–Kier alpha value is -0.240. The summed E-state index contributed by atoms with van der Waals surface area (Å²) in [4.78, 5) is 12.2. The van der Waals surface area contributed by atoms with Gasteiger partial charge in [0.05, 0.1) is 0 Å². The first-order chi connectivity index (χ1) is 10.1. The molecule has 0 aromatic heterocycles. The van der Waals surface area contributed by atoms with Gasteiger partial charge in [-0.3, -0.25) is 4.79 Å². The number of rotatable bonds is 9. The Kier molecular flexibility index (Phi) is 9.39. The first-order valence-electron chi connectivity index (χ1n) is 8.98. The average molecular weight is 311 g/mol. The lowest BCUT2D eigenvalue weighted by molar-refractivity contribution is -0.107. The van der Waals surface area contributed by atoms with Gasteiger partial charge in [-0.2, -0.15) is 0 Å². The Bertz CT molecular complexity index is 314.